The Morgan fingerprint density at radius 2 is 1.87 bits per heavy atom. The summed E-state index contributed by atoms with van der Waals surface area (Å²) in [4.78, 5) is 0. The average molecular weight is 311 g/mol. The maximum atomic E-state index is 5.86. The minimum Gasteiger partial charge on any atom is -0.497 e. The van der Waals surface area contributed by atoms with Crippen LogP contribution in [-0.2, 0) is 13.0 Å². The van der Waals surface area contributed by atoms with Crippen molar-refractivity contribution in [1.82, 2.24) is 4.57 Å². The molecule has 23 heavy (non-hydrogen) atoms. The number of benzene rings is 2. The molecule has 4 heteroatoms. The van der Waals surface area contributed by atoms with Crippen molar-refractivity contribution in [3.05, 3.63) is 60.3 Å². The number of quaternary nitrogens is 1. The number of rotatable bonds is 7. The molecule has 0 bridgehead atoms. The molecule has 0 fully saturated rings. The van der Waals surface area contributed by atoms with Crippen LogP contribution in [0.1, 0.15) is 5.56 Å². The first-order valence-electron chi connectivity index (χ1n) is 7.94. The van der Waals surface area contributed by atoms with E-state index in [1.54, 1.807) is 7.11 Å². The molecule has 1 aromatic heterocycles. The summed E-state index contributed by atoms with van der Waals surface area (Å²) < 4.78 is 13.3. The molecule has 0 radical (unpaired) electrons. The lowest BCUT2D eigenvalue weighted by molar-refractivity contribution is -0.366. The van der Waals surface area contributed by atoms with E-state index in [4.69, 9.17) is 9.47 Å². The van der Waals surface area contributed by atoms with E-state index in [1.807, 2.05) is 24.3 Å². The Labute approximate surface area is 136 Å². The number of hydrogen-bond donors (Lipinski definition) is 1. The zero-order chi connectivity index (χ0) is 16.1. The highest BCUT2D eigenvalue weighted by molar-refractivity contribution is 5.84. The summed E-state index contributed by atoms with van der Waals surface area (Å²) in [6, 6.07) is 16.2. The van der Waals surface area contributed by atoms with Gasteiger partial charge in [-0.2, -0.15) is 0 Å². The van der Waals surface area contributed by atoms with Crippen LogP contribution in [0.2, 0.25) is 0 Å². The van der Waals surface area contributed by atoms with Crippen molar-refractivity contribution in [2.45, 2.75) is 13.0 Å². The van der Waals surface area contributed by atoms with Gasteiger partial charge in [0.1, 0.15) is 18.1 Å². The molecule has 0 saturated heterocycles. The lowest BCUT2D eigenvalue weighted by Crippen LogP contribution is -2.51. The Morgan fingerprint density at radius 3 is 2.70 bits per heavy atom. The van der Waals surface area contributed by atoms with E-state index in [0.717, 1.165) is 31.0 Å². The summed E-state index contributed by atoms with van der Waals surface area (Å²) in [5.74, 6) is 1.64. The Hall–Kier alpha value is -2.46. The van der Waals surface area contributed by atoms with E-state index in [2.05, 4.69) is 40.8 Å². The first kappa shape index (κ1) is 15.4. The molecule has 0 spiro atoms. The van der Waals surface area contributed by atoms with Crippen LogP contribution in [0, 0.1) is 0 Å². The lowest BCUT2D eigenvalue weighted by atomic mass is 10.1. The predicted octanol–water partition coefficient (Wildman–Crippen LogP) is 2.51. The minimum absolute atomic E-state index is 0.621. The molecule has 1 heterocycles. The van der Waals surface area contributed by atoms with E-state index in [9.17, 15) is 0 Å². The number of hydrogen-bond acceptors (Lipinski definition) is 2. The van der Waals surface area contributed by atoms with Gasteiger partial charge in [-0.15, -0.1) is 0 Å². The van der Waals surface area contributed by atoms with Gasteiger partial charge in [-0.3, -0.25) is 0 Å². The van der Waals surface area contributed by atoms with Crippen LogP contribution in [0.25, 0.3) is 10.9 Å². The third kappa shape index (κ3) is 3.48. The summed E-state index contributed by atoms with van der Waals surface area (Å²) in [5.41, 5.74) is 6.58. The third-order valence-corrected chi connectivity index (χ3v) is 3.96. The second-order valence-electron chi connectivity index (χ2n) is 5.50. The van der Waals surface area contributed by atoms with Crippen molar-refractivity contribution >= 4 is 10.9 Å². The quantitative estimate of drug-likeness (QED) is 0.729. The van der Waals surface area contributed by atoms with Gasteiger partial charge in [-0.25, -0.2) is 0 Å². The van der Waals surface area contributed by atoms with Crippen LogP contribution >= 0.6 is 0 Å². The molecule has 0 saturated carbocycles. The number of nitrogens with zero attached hydrogens (tertiary/aromatic N) is 1. The summed E-state index contributed by atoms with van der Waals surface area (Å²) in [6.07, 6.45) is 3.23. The maximum Gasteiger partial charge on any atom is 0.123 e. The van der Waals surface area contributed by atoms with Crippen LogP contribution in [0.15, 0.2) is 54.7 Å². The molecular formula is C19H23N2O2+. The molecule has 0 unspecified atom stereocenters. The zero-order valence-corrected chi connectivity index (χ0v) is 13.5. The molecule has 4 nitrogen and oxygen atoms in total. The fourth-order valence-electron chi connectivity index (χ4n) is 2.85. The molecule has 0 aliphatic rings. The molecule has 3 aromatic rings. The van der Waals surface area contributed by atoms with Crippen molar-refractivity contribution in [3.8, 4) is 11.5 Å². The van der Waals surface area contributed by atoms with Crippen LogP contribution in [0.3, 0.4) is 0 Å². The number of para-hydroxylation sites is 1. The molecule has 3 N–H and O–H groups in total. The fraction of sp³-hybridized carbons (Fsp3) is 0.263. The molecule has 2 aromatic carbocycles. The molecule has 0 aliphatic heterocycles. The van der Waals surface area contributed by atoms with Gasteiger partial charge in [0.2, 0.25) is 0 Å². The van der Waals surface area contributed by atoms with Gasteiger partial charge < -0.3 is 19.8 Å². The van der Waals surface area contributed by atoms with Crippen molar-refractivity contribution < 1.29 is 15.2 Å². The minimum atomic E-state index is 0.621. The van der Waals surface area contributed by atoms with Crippen LogP contribution in [0.5, 0.6) is 11.5 Å². The summed E-state index contributed by atoms with van der Waals surface area (Å²) in [7, 11) is 1.66. The maximum absolute atomic E-state index is 5.86. The number of methoxy groups -OCH3 is 1. The van der Waals surface area contributed by atoms with Gasteiger partial charge in [0.25, 0.3) is 0 Å². The second kappa shape index (κ2) is 7.20. The van der Waals surface area contributed by atoms with Crippen molar-refractivity contribution in [2.24, 2.45) is 0 Å². The Morgan fingerprint density at radius 1 is 1.04 bits per heavy atom. The molecule has 0 amide bonds. The van der Waals surface area contributed by atoms with E-state index >= 15 is 0 Å². The van der Waals surface area contributed by atoms with Crippen molar-refractivity contribution in [1.29, 1.82) is 0 Å². The first-order chi connectivity index (χ1) is 11.3. The van der Waals surface area contributed by atoms with E-state index < -0.39 is 0 Å². The number of aromatic nitrogens is 1. The van der Waals surface area contributed by atoms with Gasteiger partial charge >= 0.3 is 0 Å². The van der Waals surface area contributed by atoms with Crippen molar-refractivity contribution in [2.75, 3.05) is 20.3 Å². The zero-order valence-electron chi connectivity index (χ0n) is 13.5. The topological polar surface area (TPSA) is 51.0 Å². The van der Waals surface area contributed by atoms with Gasteiger partial charge in [-0.1, -0.05) is 24.3 Å². The predicted molar refractivity (Wildman–Crippen MR) is 91.9 cm³/mol. The highest BCUT2D eigenvalue weighted by Crippen LogP contribution is 2.22. The van der Waals surface area contributed by atoms with Crippen LogP contribution < -0.4 is 15.2 Å². The fourth-order valence-corrected chi connectivity index (χ4v) is 2.85. The second-order valence-corrected chi connectivity index (χ2v) is 5.50. The highest BCUT2D eigenvalue weighted by atomic mass is 16.5. The van der Waals surface area contributed by atoms with Crippen molar-refractivity contribution in [3.63, 3.8) is 0 Å². The van der Waals surface area contributed by atoms with Crippen LogP contribution in [0.4, 0.5) is 0 Å². The van der Waals surface area contributed by atoms with Gasteiger partial charge in [0, 0.05) is 29.6 Å². The highest BCUT2D eigenvalue weighted by Gasteiger charge is 2.08. The molecule has 0 atom stereocenters. The lowest BCUT2D eigenvalue weighted by Gasteiger charge is -2.09. The van der Waals surface area contributed by atoms with E-state index in [0.29, 0.717) is 6.61 Å². The molecule has 120 valence electrons. The normalized spacial score (nSPS) is 10.9. The SMILES string of the molecule is COc1cccc(OCCn2cc(CC[NH3+])c3ccccc32)c1. The smallest absolute Gasteiger partial charge is 0.123 e. The Bertz CT molecular complexity index is 780. The first-order valence-corrected chi connectivity index (χ1v) is 7.94. The monoisotopic (exact) mass is 311 g/mol. The summed E-state index contributed by atoms with van der Waals surface area (Å²) >= 11 is 0. The third-order valence-electron chi connectivity index (χ3n) is 3.96. The number of fused-ring (bicyclic) bond motifs is 1. The van der Waals surface area contributed by atoms with Gasteiger partial charge in [-0.05, 0) is 23.8 Å². The largest absolute Gasteiger partial charge is 0.497 e. The summed E-state index contributed by atoms with van der Waals surface area (Å²) in [6.45, 7) is 2.35. The average Bonchev–Trinajstić information content (AvgIpc) is 2.94. The number of ether oxygens (including phenoxy) is 2. The Kier molecular flexibility index (Phi) is 4.83. The van der Waals surface area contributed by atoms with E-state index in [1.165, 1.54) is 16.5 Å². The van der Waals surface area contributed by atoms with Gasteiger partial charge in [0.05, 0.1) is 20.2 Å². The molecule has 0 aliphatic carbocycles. The molecule has 3 rings (SSSR count). The summed E-state index contributed by atoms with van der Waals surface area (Å²) in [5, 5.41) is 1.32. The Balaban J connectivity index is 1.71. The van der Waals surface area contributed by atoms with Gasteiger partial charge in [0.15, 0.2) is 0 Å². The van der Waals surface area contributed by atoms with E-state index in [-0.39, 0.29) is 0 Å². The standard InChI is InChI=1S/C19H22N2O2/c1-22-16-5-4-6-17(13-16)23-12-11-21-14-15(9-10-20)18-7-2-3-8-19(18)21/h2-8,13-14H,9-12,20H2,1H3/p+1. The molecular weight excluding hydrogens is 288 g/mol. The van der Waals surface area contributed by atoms with Crippen LogP contribution in [-0.4, -0.2) is 24.8 Å².